The monoisotopic (exact) mass is 309 g/mol. The maximum Gasteiger partial charge on any atom is 0.364 e. The second-order valence-corrected chi connectivity index (χ2v) is 4.18. The SMILES string of the molecule is O=C(ON1C(=O)CCC1=O)c1ccc([N+](=O)[O-])c([N+](=O)[O-])c1. The number of benzene rings is 1. The molecule has 0 aliphatic carbocycles. The van der Waals surface area contributed by atoms with Crippen LogP contribution in [0.3, 0.4) is 0 Å². The van der Waals surface area contributed by atoms with E-state index >= 15 is 0 Å². The molecular weight excluding hydrogens is 302 g/mol. The lowest BCUT2D eigenvalue weighted by atomic mass is 10.2. The Morgan fingerprint density at radius 1 is 1.05 bits per heavy atom. The standard InChI is InChI=1S/C11H7N3O8/c15-9-3-4-10(16)12(9)22-11(17)6-1-2-7(13(18)19)8(5-6)14(20)21/h1-2,5H,3-4H2. The fourth-order valence-corrected chi connectivity index (χ4v) is 1.74. The smallest absolute Gasteiger partial charge is 0.325 e. The van der Waals surface area contributed by atoms with Gasteiger partial charge < -0.3 is 4.84 Å². The summed E-state index contributed by atoms with van der Waals surface area (Å²) in [5.41, 5.74) is -2.10. The van der Waals surface area contributed by atoms with Crippen LogP contribution in [0.5, 0.6) is 0 Å². The zero-order valence-corrected chi connectivity index (χ0v) is 10.8. The van der Waals surface area contributed by atoms with Crippen LogP contribution in [0.2, 0.25) is 0 Å². The number of hydroxylamine groups is 2. The van der Waals surface area contributed by atoms with E-state index in [9.17, 15) is 34.6 Å². The summed E-state index contributed by atoms with van der Waals surface area (Å²) in [6, 6.07) is 2.34. The average Bonchev–Trinajstić information content (AvgIpc) is 2.78. The van der Waals surface area contributed by atoms with Gasteiger partial charge in [-0.2, -0.15) is 0 Å². The van der Waals surface area contributed by atoms with Crippen molar-refractivity contribution in [1.82, 2.24) is 5.06 Å². The van der Waals surface area contributed by atoms with Crippen molar-refractivity contribution in [3.63, 3.8) is 0 Å². The third-order valence-corrected chi connectivity index (χ3v) is 2.78. The number of carbonyl (C=O) groups is 3. The first-order valence-electron chi connectivity index (χ1n) is 5.82. The molecule has 11 nitrogen and oxygen atoms in total. The van der Waals surface area contributed by atoms with E-state index in [2.05, 4.69) is 4.84 Å². The molecule has 1 saturated heterocycles. The second kappa shape index (κ2) is 5.55. The van der Waals surface area contributed by atoms with Crippen molar-refractivity contribution < 1.29 is 29.1 Å². The lowest BCUT2D eigenvalue weighted by Crippen LogP contribution is -2.32. The molecule has 0 aromatic heterocycles. The second-order valence-electron chi connectivity index (χ2n) is 4.18. The van der Waals surface area contributed by atoms with Gasteiger partial charge in [0, 0.05) is 25.0 Å². The van der Waals surface area contributed by atoms with Gasteiger partial charge in [-0.1, -0.05) is 0 Å². The molecule has 1 aromatic carbocycles. The first-order chi connectivity index (χ1) is 10.3. The van der Waals surface area contributed by atoms with Crippen LogP contribution >= 0.6 is 0 Å². The van der Waals surface area contributed by atoms with E-state index in [1.165, 1.54) is 0 Å². The van der Waals surface area contributed by atoms with Gasteiger partial charge >= 0.3 is 17.3 Å². The van der Waals surface area contributed by atoms with E-state index < -0.39 is 44.6 Å². The van der Waals surface area contributed by atoms with Crippen LogP contribution in [-0.2, 0) is 14.4 Å². The molecule has 11 heteroatoms. The molecule has 0 bridgehead atoms. The Bertz CT molecular complexity index is 697. The molecule has 0 radical (unpaired) electrons. The Morgan fingerprint density at radius 3 is 2.09 bits per heavy atom. The van der Waals surface area contributed by atoms with E-state index in [4.69, 9.17) is 0 Å². The molecule has 22 heavy (non-hydrogen) atoms. The molecule has 1 aliphatic rings. The molecule has 0 spiro atoms. The summed E-state index contributed by atoms with van der Waals surface area (Å²) in [4.78, 5) is 58.4. The summed E-state index contributed by atoms with van der Waals surface area (Å²) < 4.78 is 0. The number of imide groups is 1. The van der Waals surface area contributed by atoms with E-state index in [0.29, 0.717) is 6.07 Å². The van der Waals surface area contributed by atoms with Crippen molar-refractivity contribution in [1.29, 1.82) is 0 Å². The normalized spacial score (nSPS) is 14.1. The molecule has 1 aromatic rings. The number of nitrogens with zero attached hydrogens (tertiary/aromatic N) is 3. The minimum absolute atomic E-state index is 0.105. The number of carbonyl (C=O) groups excluding carboxylic acids is 3. The van der Waals surface area contributed by atoms with Crippen molar-refractivity contribution in [2.75, 3.05) is 0 Å². The average molecular weight is 309 g/mol. The van der Waals surface area contributed by atoms with Crippen LogP contribution in [0.1, 0.15) is 23.2 Å². The van der Waals surface area contributed by atoms with Crippen LogP contribution in [0, 0.1) is 20.2 Å². The zero-order chi connectivity index (χ0) is 16.4. The third-order valence-electron chi connectivity index (χ3n) is 2.78. The topological polar surface area (TPSA) is 150 Å². The van der Waals surface area contributed by atoms with Crippen LogP contribution in [0.25, 0.3) is 0 Å². The molecule has 2 amide bonds. The van der Waals surface area contributed by atoms with Crippen LogP contribution < -0.4 is 0 Å². The summed E-state index contributed by atoms with van der Waals surface area (Å²) in [6.07, 6.45) is -0.209. The number of hydrogen-bond acceptors (Lipinski definition) is 8. The Morgan fingerprint density at radius 2 is 1.59 bits per heavy atom. The maximum absolute atomic E-state index is 11.8. The molecule has 1 fully saturated rings. The van der Waals surface area contributed by atoms with Crippen LogP contribution in [-0.4, -0.2) is 32.7 Å². The van der Waals surface area contributed by atoms with Gasteiger partial charge in [0.2, 0.25) is 0 Å². The molecule has 2 rings (SSSR count). The minimum Gasteiger partial charge on any atom is -0.325 e. The van der Waals surface area contributed by atoms with Gasteiger partial charge in [0.15, 0.2) is 0 Å². The van der Waals surface area contributed by atoms with Gasteiger partial charge in [0.1, 0.15) is 0 Å². The van der Waals surface area contributed by atoms with Gasteiger partial charge in [-0.05, 0) is 6.07 Å². The highest BCUT2D eigenvalue weighted by molar-refractivity contribution is 6.02. The number of nitro benzene ring substituents is 2. The lowest BCUT2D eigenvalue weighted by Gasteiger charge is -2.12. The Labute approximate surface area is 121 Å². The molecule has 1 heterocycles. The van der Waals surface area contributed by atoms with E-state index in [1.807, 2.05) is 0 Å². The highest BCUT2D eigenvalue weighted by atomic mass is 16.7. The highest BCUT2D eigenvalue weighted by Gasteiger charge is 2.34. The molecule has 0 saturated carbocycles. The fraction of sp³-hybridized carbons (Fsp3) is 0.182. The summed E-state index contributed by atoms with van der Waals surface area (Å²) in [6.45, 7) is 0. The largest absolute Gasteiger partial charge is 0.364 e. The molecular formula is C11H7N3O8. The predicted molar refractivity (Wildman–Crippen MR) is 66.3 cm³/mol. The third kappa shape index (κ3) is 2.72. The molecule has 114 valence electrons. The number of rotatable bonds is 4. The quantitative estimate of drug-likeness (QED) is 0.448. The van der Waals surface area contributed by atoms with E-state index in [1.54, 1.807) is 0 Å². The van der Waals surface area contributed by atoms with Crippen molar-refractivity contribution in [2.24, 2.45) is 0 Å². The number of hydrogen-bond donors (Lipinski definition) is 0. The summed E-state index contributed by atoms with van der Waals surface area (Å²) in [7, 11) is 0. The van der Waals surface area contributed by atoms with E-state index in [0.717, 1.165) is 12.1 Å². The molecule has 1 aliphatic heterocycles. The predicted octanol–water partition coefficient (Wildman–Crippen LogP) is 0.724. The van der Waals surface area contributed by atoms with Gasteiger partial charge in [-0.25, -0.2) is 4.79 Å². The first-order valence-corrected chi connectivity index (χ1v) is 5.82. The number of nitro groups is 2. The highest BCUT2D eigenvalue weighted by Crippen LogP contribution is 2.28. The summed E-state index contributed by atoms with van der Waals surface area (Å²) in [5, 5.41) is 21.7. The minimum atomic E-state index is -1.21. The van der Waals surface area contributed by atoms with Crippen molar-refractivity contribution >= 4 is 29.2 Å². The molecule has 0 N–H and O–H groups in total. The zero-order valence-electron chi connectivity index (χ0n) is 10.8. The number of amides is 2. The maximum atomic E-state index is 11.8. The van der Waals surface area contributed by atoms with Gasteiger partial charge in [-0.15, -0.1) is 5.06 Å². The lowest BCUT2D eigenvalue weighted by molar-refractivity contribution is -0.422. The van der Waals surface area contributed by atoms with E-state index in [-0.39, 0.29) is 17.9 Å². The van der Waals surface area contributed by atoms with Gasteiger partial charge in [0.25, 0.3) is 11.8 Å². The van der Waals surface area contributed by atoms with Gasteiger partial charge in [0.05, 0.1) is 15.4 Å². The van der Waals surface area contributed by atoms with Crippen molar-refractivity contribution in [2.45, 2.75) is 12.8 Å². The summed E-state index contributed by atoms with van der Waals surface area (Å²) in [5.74, 6) is -2.63. The molecule has 0 atom stereocenters. The van der Waals surface area contributed by atoms with Gasteiger partial charge in [-0.3, -0.25) is 29.8 Å². The van der Waals surface area contributed by atoms with Crippen molar-refractivity contribution in [3.05, 3.63) is 44.0 Å². The Kier molecular flexibility index (Phi) is 3.79. The summed E-state index contributed by atoms with van der Waals surface area (Å²) >= 11 is 0. The Balaban J connectivity index is 2.29. The fourth-order valence-electron chi connectivity index (χ4n) is 1.74. The molecule has 0 unspecified atom stereocenters. The Hall–Kier alpha value is -3.37. The van der Waals surface area contributed by atoms with Crippen molar-refractivity contribution in [3.8, 4) is 0 Å². The van der Waals surface area contributed by atoms with Crippen LogP contribution in [0.15, 0.2) is 18.2 Å². The van der Waals surface area contributed by atoms with Crippen LogP contribution in [0.4, 0.5) is 11.4 Å². The first kappa shape index (κ1) is 15.0.